The number of fused-ring (bicyclic) bond motifs is 1. The molecule has 1 N–H and O–H groups in total. The first-order valence-electron chi connectivity index (χ1n) is 3.10. The lowest BCUT2D eigenvalue weighted by atomic mass is 10.2. The lowest BCUT2D eigenvalue weighted by Crippen LogP contribution is -1.97. The predicted molar refractivity (Wildman–Crippen MR) is 36.7 cm³/mol. The van der Waals surface area contributed by atoms with Gasteiger partial charge in [-0.3, -0.25) is 4.99 Å². The summed E-state index contributed by atoms with van der Waals surface area (Å²) in [4.78, 5) is 7.31. The molecule has 1 aliphatic heterocycles. The third kappa shape index (κ3) is 0.669. The molecule has 46 valence electrons. The summed E-state index contributed by atoms with van der Waals surface area (Å²) in [6.45, 7) is 0.860. The van der Waals surface area contributed by atoms with Crippen molar-refractivity contribution in [2.24, 2.45) is 4.99 Å². The summed E-state index contributed by atoms with van der Waals surface area (Å²) in [5, 5.41) is 0. The lowest BCUT2D eigenvalue weighted by Gasteiger charge is -2.01. The molecule has 0 aromatic carbocycles. The highest BCUT2D eigenvalue weighted by molar-refractivity contribution is 5.63. The molecule has 0 radical (unpaired) electrons. The number of nitrogens with zero attached hydrogens (tertiary/aromatic N) is 1. The molecule has 0 aliphatic carbocycles. The molecule has 0 saturated carbocycles. The predicted octanol–water partition coefficient (Wildman–Crippen LogP) is 1.14. The van der Waals surface area contributed by atoms with Crippen molar-refractivity contribution in [1.29, 1.82) is 0 Å². The quantitative estimate of drug-likeness (QED) is 0.532. The second kappa shape index (κ2) is 1.72. The SMILES string of the molecule is C1=NCc2cc[nH]c2C1. The van der Waals surface area contributed by atoms with Crippen molar-refractivity contribution in [3.8, 4) is 0 Å². The minimum atomic E-state index is 0.860. The molecule has 1 aromatic heterocycles. The number of nitrogens with one attached hydrogen (secondary N) is 1. The molecule has 0 spiro atoms. The molecule has 0 fully saturated rings. The summed E-state index contributed by atoms with van der Waals surface area (Å²) in [5.74, 6) is 0. The first-order valence-corrected chi connectivity index (χ1v) is 3.10. The number of aliphatic imine (C=N–C) groups is 1. The number of aromatic nitrogens is 1. The summed E-state index contributed by atoms with van der Waals surface area (Å²) < 4.78 is 0. The van der Waals surface area contributed by atoms with Crippen LogP contribution in [0, 0.1) is 0 Å². The third-order valence-corrected chi connectivity index (χ3v) is 1.62. The van der Waals surface area contributed by atoms with E-state index in [9.17, 15) is 0 Å². The first kappa shape index (κ1) is 4.79. The standard InChI is InChI=1S/C7H8N2/c1-4-9-7-2-3-8-5-6(1)7/h1,3-4,9H,2,5H2. The molecule has 0 atom stereocenters. The van der Waals surface area contributed by atoms with E-state index in [-0.39, 0.29) is 0 Å². The topological polar surface area (TPSA) is 28.1 Å². The molecular formula is C7H8N2. The summed E-state index contributed by atoms with van der Waals surface area (Å²) in [5.41, 5.74) is 2.67. The van der Waals surface area contributed by atoms with Crippen LogP contribution in [0.15, 0.2) is 17.3 Å². The van der Waals surface area contributed by atoms with Gasteiger partial charge in [0.25, 0.3) is 0 Å². The Hall–Kier alpha value is -1.05. The van der Waals surface area contributed by atoms with Gasteiger partial charge in [-0.05, 0) is 11.6 Å². The van der Waals surface area contributed by atoms with Gasteiger partial charge in [-0.1, -0.05) is 0 Å². The molecule has 0 amide bonds. The first-order chi connectivity index (χ1) is 4.47. The smallest absolute Gasteiger partial charge is 0.0653 e. The van der Waals surface area contributed by atoms with Crippen molar-refractivity contribution in [1.82, 2.24) is 4.98 Å². The zero-order chi connectivity index (χ0) is 6.10. The molecule has 2 rings (SSSR count). The van der Waals surface area contributed by atoms with Gasteiger partial charge in [0.15, 0.2) is 0 Å². The van der Waals surface area contributed by atoms with Crippen LogP contribution in [0.2, 0.25) is 0 Å². The van der Waals surface area contributed by atoms with Crippen LogP contribution < -0.4 is 0 Å². The van der Waals surface area contributed by atoms with Crippen molar-refractivity contribution in [2.45, 2.75) is 13.0 Å². The number of hydrogen-bond acceptors (Lipinski definition) is 1. The maximum absolute atomic E-state index is 4.15. The van der Waals surface area contributed by atoms with Crippen LogP contribution in [0.5, 0.6) is 0 Å². The Kier molecular flexibility index (Phi) is 0.918. The Bertz CT molecular complexity index is 212. The van der Waals surface area contributed by atoms with Crippen LogP contribution in [0.1, 0.15) is 11.3 Å². The zero-order valence-corrected chi connectivity index (χ0v) is 5.09. The Morgan fingerprint density at radius 2 is 2.56 bits per heavy atom. The zero-order valence-electron chi connectivity index (χ0n) is 5.09. The fourth-order valence-corrected chi connectivity index (χ4v) is 1.09. The average molecular weight is 120 g/mol. The Labute approximate surface area is 53.6 Å². The fourth-order valence-electron chi connectivity index (χ4n) is 1.09. The maximum Gasteiger partial charge on any atom is 0.0653 e. The second-order valence-corrected chi connectivity index (χ2v) is 2.21. The maximum atomic E-state index is 4.15. The molecule has 2 heteroatoms. The van der Waals surface area contributed by atoms with E-state index >= 15 is 0 Å². The normalized spacial score (nSPS) is 15.6. The summed E-state index contributed by atoms with van der Waals surface area (Å²) >= 11 is 0. The van der Waals surface area contributed by atoms with Gasteiger partial charge in [0, 0.05) is 24.5 Å². The van der Waals surface area contributed by atoms with E-state index in [1.165, 1.54) is 11.3 Å². The van der Waals surface area contributed by atoms with Crippen molar-refractivity contribution in [3.63, 3.8) is 0 Å². The van der Waals surface area contributed by atoms with E-state index in [0.29, 0.717) is 0 Å². The van der Waals surface area contributed by atoms with E-state index in [2.05, 4.69) is 16.0 Å². The van der Waals surface area contributed by atoms with E-state index < -0.39 is 0 Å². The molecule has 1 aromatic rings. The molecule has 9 heavy (non-hydrogen) atoms. The Balaban J connectivity index is 2.46. The van der Waals surface area contributed by atoms with Crippen LogP contribution in [-0.4, -0.2) is 11.2 Å². The summed E-state index contributed by atoms with van der Waals surface area (Å²) in [7, 11) is 0. The number of aromatic amines is 1. The van der Waals surface area contributed by atoms with E-state index in [1.807, 2.05) is 12.4 Å². The third-order valence-electron chi connectivity index (χ3n) is 1.62. The summed E-state index contributed by atoms with van der Waals surface area (Å²) in [6.07, 6.45) is 4.90. The minimum Gasteiger partial charge on any atom is -0.364 e. The van der Waals surface area contributed by atoms with Crippen molar-refractivity contribution < 1.29 is 0 Å². The van der Waals surface area contributed by atoms with Crippen LogP contribution in [0.3, 0.4) is 0 Å². The Morgan fingerprint density at radius 1 is 1.56 bits per heavy atom. The van der Waals surface area contributed by atoms with E-state index in [0.717, 1.165) is 13.0 Å². The molecule has 2 heterocycles. The van der Waals surface area contributed by atoms with Gasteiger partial charge in [0.1, 0.15) is 0 Å². The average Bonchev–Trinajstić information content (AvgIpc) is 2.33. The number of hydrogen-bond donors (Lipinski definition) is 1. The van der Waals surface area contributed by atoms with Gasteiger partial charge in [-0.15, -0.1) is 0 Å². The van der Waals surface area contributed by atoms with Crippen LogP contribution >= 0.6 is 0 Å². The van der Waals surface area contributed by atoms with E-state index in [4.69, 9.17) is 0 Å². The highest BCUT2D eigenvalue weighted by atomic mass is 14.8. The van der Waals surface area contributed by atoms with Gasteiger partial charge >= 0.3 is 0 Å². The van der Waals surface area contributed by atoms with Crippen LogP contribution in [-0.2, 0) is 13.0 Å². The monoisotopic (exact) mass is 120 g/mol. The molecule has 1 aliphatic rings. The Morgan fingerprint density at radius 3 is 3.44 bits per heavy atom. The van der Waals surface area contributed by atoms with Crippen LogP contribution in [0.25, 0.3) is 0 Å². The van der Waals surface area contributed by atoms with Crippen molar-refractivity contribution >= 4 is 6.21 Å². The molecule has 0 unspecified atom stereocenters. The van der Waals surface area contributed by atoms with Crippen LogP contribution in [0.4, 0.5) is 0 Å². The van der Waals surface area contributed by atoms with Gasteiger partial charge in [0.05, 0.1) is 6.54 Å². The van der Waals surface area contributed by atoms with Gasteiger partial charge in [-0.2, -0.15) is 0 Å². The lowest BCUT2D eigenvalue weighted by molar-refractivity contribution is 0.991. The molecule has 0 bridgehead atoms. The number of rotatable bonds is 0. The second-order valence-electron chi connectivity index (χ2n) is 2.21. The van der Waals surface area contributed by atoms with Crippen molar-refractivity contribution in [3.05, 3.63) is 23.5 Å². The molecule has 2 nitrogen and oxygen atoms in total. The van der Waals surface area contributed by atoms with Crippen molar-refractivity contribution in [2.75, 3.05) is 0 Å². The van der Waals surface area contributed by atoms with Gasteiger partial charge in [0.2, 0.25) is 0 Å². The highest BCUT2D eigenvalue weighted by Crippen LogP contribution is 2.11. The fraction of sp³-hybridized carbons (Fsp3) is 0.286. The summed E-state index contributed by atoms with van der Waals surface area (Å²) in [6, 6.07) is 2.09. The van der Waals surface area contributed by atoms with Gasteiger partial charge in [-0.25, -0.2) is 0 Å². The number of H-pyrrole nitrogens is 1. The minimum absolute atomic E-state index is 0.860. The largest absolute Gasteiger partial charge is 0.364 e. The van der Waals surface area contributed by atoms with E-state index in [1.54, 1.807) is 0 Å². The highest BCUT2D eigenvalue weighted by Gasteiger charge is 2.03. The molecule has 0 saturated heterocycles. The van der Waals surface area contributed by atoms with Gasteiger partial charge < -0.3 is 4.98 Å². The molecular weight excluding hydrogens is 112 g/mol.